The van der Waals surface area contributed by atoms with Gasteiger partial charge < -0.3 is 15.6 Å². The summed E-state index contributed by atoms with van der Waals surface area (Å²) in [7, 11) is 0. The summed E-state index contributed by atoms with van der Waals surface area (Å²) >= 11 is 0. The molecule has 4 rings (SSSR count). The second-order valence-corrected chi connectivity index (χ2v) is 6.94. The lowest BCUT2D eigenvalue weighted by molar-refractivity contribution is 0.0931. The highest BCUT2D eigenvalue weighted by molar-refractivity contribution is 5.93. The molecule has 0 spiro atoms. The summed E-state index contributed by atoms with van der Waals surface area (Å²) in [4.78, 5) is 32.1. The largest absolute Gasteiger partial charge is 0.347 e. The molecule has 1 amide bonds. The minimum Gasteiger partial charge on any atom is -0.347 e. The molecule has 9 heteroatoms. The third kappa shape index (κ3) is 5.27. The molecular weight excluding hydrogens is 397 g/mol. The molecule has 1 atom stereocenters. The Hall–Kier alpha value is -4.14. The number of hydrogen-bond acceptors (Lipinski definition) is 6. The SMILES string of the molecule is C[C@@H](C/C=C/c1cnc(Nc2ccc(F)cc2)nc1)NC(=O)c1nc2ncccc2[nH]1. The summed E-state index contributed by atoms with van der Waals surface area (Å²) in [6.45, 7) is 1.91. The van der Waals surface area contributed by atoms with E-state index < -0.39 is 0 Å². The van der Waals surface area contributed by atoms with Crippen molar-refractivity contribution in [3.05, 3.63) is 78.3 Å². The van der Waals surface area contributed by atoms with Crippen molar-refractivity contribution >= 4 is 34.8 Å². The van der Waals surface area contributed by atoms with Crippen LogP contribution in [-0.4, -0.2) is 36.9 Å². The molecule has 3 heterocycles. The van der Waals surface area contributed by atoms with Crippen LogP contribution >= 0.6 is 0 Å². The number of aromatic amines is 1. The molecule has 3 aromatic heterocycles. The van der Waals surface area contributed by atoms with Gasteiger partial charge in [-0.15, -0.1) is 0 Å². The van der Waals surface area contributed by atoms with Gasteiger partial charge in [0, 0.05) is 35.9 Å². The van der Waals surface area contributed by atoms with E-state index in [-0.39, 0.29) is 23.6 Å². The molecule has 0 aliphatic rings. The smallest absolute Gasteiger partial charge is 0.287 e. The van der Waals surface area contributed by atoms with E-state index in [0.717, 1.165) is 11.1 Å². The zero-order valence-electron chi connectivity index (χ0n) is 16.7. The number of H-pyrrole nitrogens is 1. The summed E-state index contributed by atoms with van der Waals surface area (Å²) in [5, 5.41) is 5.91. The Labute approximate surface area is 177 Å². The van der Waals surface area contributed by atoms with Crippen molar-refractivity contribution in [1.29, 1.82) is 0 Å². The fraction of sp³-hybridized carbons (Fsp3) is 0.136. The van der Waals surface area contributed by atoms with E-state index in [9.17, 15) is 9.18 Å². The fourth-order valence-corrected chi connectivity index (χ4v) is 2.86. The number of carbonyl (C=O) groups excluding carboxylic acids is 1. The molecule has 3 N–H and O–H groups in total. The third-order valence-corrected chi connectivity index (χ3v) is 4.42. The maximum Gasteiger partial charge on any atom is 0.287 e. The normalized spacial score (nSPS) is 12.2. The molecule has 0 fully saturated rings. The number of rotatable bonds is 7. The van der Waals surface area contributed by atoms with E-state index >= 15 is 0 Å². The van der Waals surface area contributed by atoms with Crippen LogP contribution in [-0.2, 0) is 0 Å². The minimum atomic E-state index is -0.299. The highest BCUT2D eigenvalue weighted by Crippen LogP contribution is 2.13. The van der Waals surface area contributed by atoms with E-state index in [4.69, 9.17) is 0 Å². The van der Waals surface area contributed by atoms with Crippen molar-refractivity contribution in [1.82, 2.24) is 30.2 Å². The molecule has 0 unspecified atom stereocenters. The van der Waals surface area contributed by atoms with E-state index in [2.05, 4.69) is 35.6 Å². The van der Waals surface area contributed by atoms with Crippen LogP contribution in [0.4, 0.5) is 16.0 Å². The van der Waals surface area contributed by atoms with Crippen molar-refractivity contribution in [2.75, 3.05) is 5.32 Å². The predicted molar refractivity (Wildman–Crippen MR) is 116 cm³/mol. The maximum atomic E-state index is 13.0. The molecule has 0 radical (unpaired) electrons. The zero-order chi connectivity index (χ0) is 21.6. The van der Waals surface area contributed by atoms with Crippen LogP contribution in [0, 0.1) is 5.82 Å². The lowest BCUT2D eigenvalue weighted by atomic mass is 10.2. The topological polar surface area (TPSA) is 108 Å². The monoisotopic (exact) mass is 417 g/mol. The first-order valence-electron chi connectivity index (χ1n) is 9.69. The Morgan fingerprint density at radius 3 is 2.68 bits per heavy atom. The van der Waals surface area contributed by atoms with Gasteiger partial charge in [-0.3, -0.25) is 4.79 Å². The van der Waals surface area contributed by atoms with Crippen LogP contribution in [0.1, 0.15) is 29.5 Å². The van der Waals surface area contributed by atoms with Crippen molar-refractivity contribution in [2.24, 2.45) is 0 Å². The first-order chi connectivity index (χ1) is 15.1. The van der Waals surface area contributed by atoms with E-state index in [1.807, 2.05) is 25.1 Å². The molecule has 31 heavy (non-hydrogen) atoms. The van der Waals surface area contributed by atoms with Crippen molar-refractivity contribution in [3.63, 3.8) is 0 Å². The number of amides is 1. The summed E-state index contributed by atoms with van der Waals surface area (Å²) in [6, 6.07) is 9.47. The second-order valence-electron chi connectivity index (χ2n) is 6.94. The van der Waals surface area contributed by atoms with Gasteiger partial charge in [-0.25, -0.2) is 24.3 Å². The number of fused-ring (bicyclic) bond motifs is 1. The number of nitrogens with one attached hydrogen (secondary N) is 3. The average molecular weight is 417 g/mol. The molecule has 0 aliphatic heterocycles. The number of aromatic nitrogens is 5. The van der Waals surface area contributed by atoms with Crippen LogP contribution in [0.3, 0.4) is 0 Å². The van der Waals surface area contributed by atoms with Gasteiger partial charge in [-0.05, 0) is 49.7 Å². The highest BCUT2D eigenvalue weighted by Gasteiger charge is 2.13. The lowest BCUT2D eigenvalue weighted by Crippen LogP contribution is -2.32. The molecule has 0 saturated carbocycles. The Morgan fingerprint density at radius 1 is 1.16 bits per heavy atom. The maximum absolute atomic E-state index is 13.0. The van der Waals surface area contributed by atoms with Gasteiger partial charge in [0.1, 0.15) is 5.82 Å². The number of anilines is 2. The number of benzene rings is 1. The van der Waals surface area contributed by atoms with Gasteiger partial charge in [-0.1, -0.05) is 12.2 Å². The number of carbonyl (C=O) groups is 1. The van der Waals surface area contributed by atoms with Crippen LogP contribution in [0.15, 0.2) is 61.1 Å². The van der Waals surface area contributed by atoms with Gasteiger partial charge in [0.25, 0.3) is 5.91 Å². The molecule has 8 nitrogen and oxygen atoms in total. The summed E-state index contributed by atoms with van der Waals surface area (Å²) in [6.07, 6.45) is 9.44. The Morgan fingerprint density at radius 2 is 1.94 bits per heavy atom. The van der Waals surface area contributed by atoms with Gasteiger partial charge in [-0.2, -0.15) is 0 Å². The van der Waals surface area contributed by atoms with Crippen molar-refractivity contribution in [3.8, 4) is 0 Å². The number of halogens is 1. The molecular formula is C22H20FN7O. The second kappa shape index (κ2) is 9.12. The van der Waals surface area contributed by atoms with Crippen molar-refractivity contribution in [2.45, 2.75) is 19.4 Å². The van der Waals surface area contributed by atoms with E-state index in [1.54, 1.807) is 36.8 Å². The Kier molecular flexibility index (Phi) is 5.93. The minimum absolute atomic E-state index is 0.0924. The zero-order valence-corrected chi connectivity index (χ0v) is 16.7. The first-order valence-corrected chi connectivity index (χ1v) is 9.69. The molecule has 156 valence electrons. The van der Waals surface area contributed by atoms with E-state index in [1.165, 1.54) is 12.1 Å². The molecule has 0 aliphatic carbocycles. The van der Waals surface area contributed by atoms with Crippen molar-refractivity contribution < 1.29 is 9.18 Å². The van der Waals surface area contributed by atoms with Gasteiger partial charge in [0.05, 0.1) is 5.52 Å². The predicted octanol–water partition coefficient (Wildman–Crippen LogP) is 3.85. The van der Waals surface area contributed by atoms with E-state index in [0.29, 0.717) is 23.7 Å². The average Bonchev–Trinajstić information content (AvgIpc) is 3.21. The molecule has 0 bridgehead atoms. The Balaban J connectivity index is 1.28. The standard InChI is InChI=1S/C22H20FN7O/c1-14(27-21(31)20-29-18-6-3-11-24-19(18)30-20)4-2-5-15-12-25-22(26-13-15)28-17-9-7-16(23)8-10-17/h2-3,5-14H,4H2,1H3,(H,27,31)(H,24,29,30)(H,25,26,28)/b5-2+/t14-/m0/s1. The first kappa shape index (κ1) is 20.1. The van der Waals surface area contributed by atoms with Gasteiger partial charge in [0.15, 0.2) is 11.5 Å². The Bertz CT molecular complexity index is 1170. The lowest BCUT2D eigenvalue weighted by Gasteiger charge is -2.10. The number of pyridine rings is 1. The third-order valence-electron chi connectivity index (χ3n) is 4.42. The van der Waals surface area contributed by atoms with Crippen LogP contribution < -0.4 is 10.6 Å². The number of nitrogens with zero attached hydrogens (tertiary/aromatic N) is 4. The summed E-state index contributed by atoms with van der Waals surface area (Å²) in [5.41, 5.74) is 2.76. The summed E-state index contributed by atoms with van der Waals surface area (Å²) < 4.78 is 13.0. The van der Waals surface area contributed by atoms with Crippen LogP contribution in [0.5, 0.6) is 0 Å². The quantitative estimate of drug-likeness (QED) is 0.421. The summed E-state index contributed by atoms with van der Waals surface area (Å²) in [5.74, 6) is 0.0808. The highest BCUT2D eigenvalue weighted by atomic mass is 19.1. The van der Waals surface area contributed by atoms with Crippen LogP contribution in [0.2, 0.25) is 0 Å². The molecule has 1 aromatic carbocycles. The fourth-order valence-electron chi connectivity index (χ4n) is 2.86. The molecule has 4 aromatic rings. The number of hydrogen-bond donors (Lipinski definition) is 3. The van der Waals surface area contributed by atoms with Gasteiger partial charge in [0.2, 0.25) is 5.95 Å². The van der Waals surface area contributed by atoms with Gasteiger partial charge >= 0.3 is 0 Å². The number of imidazole rings is 1. The van der Waals surface area contributed by atoms with Crippen LogP contribution in [0.25, 0.3) is 17.2 Å². The molecule has 0 saturated heterocycles.